The lowest BCUT2D eigenvalue weighted by molar-refractivity contribution is 0.424. The van der Waals surface area contributed by atoms with E-state index in [0.29, 0.717) is 12.0 Å². The van der Waals surface area contributed by atoms with E-state index < -0.39 is 10.8 Å². The van der Waals surface area contributed by atoms with E-state index >= 15 is 0 Å². The van der Waals surface area contributed by atoms with Gasteiger partial charge in [0, 0.05) is 16.6 Å². The first-order chi connectivity index (χ1) is 5.18. The molecule has 1 fully saturated rings. The Morgan fingerprint density at radius 1 is 1.64 bits per heavy atom. The summed E-state index contributed by atoms with van der Waals surface area (Å²) in [6.07, 6.45) is 1.39. The number of hydrogen-bond acceptors (Lipinski definition) is 2. The molecule has 0 aromatic rings. The van der Waals surface area contributed by atoms with Crippen molar-refractivity contribution in [3.8, 4) is 0 Å². The molecule has 1 heterocycles. The topological polar surface area (TPSA) is 29.6 Å². The third-order valence-electron chi connectivity index (χ3n) is 1.70. The molecule has 66 valence electrons. The van der Waals surface area contributed by atoms with Crippen LogP contribution < -0.4 is 0 Å². The minimum absolute atomic E-state index is 0.322. The van der Waals surface area contributed by atoms with E-state index in [1.54, 1.807) is 0 Å². The van der Waals surface area contributed by atoms with E-state index in [4.69, 9.17) is 4.74 Å². The lowest BCUT2D eigenvalue weighted by Crippen LogP contribution is -2.09. The van der Waals surface area contributed by atoms with Gasteiger partial charge < -0.3 is 4.74 Å². The van der Waals surface area contributed by atoms with Gasteiger partial charge in [0.2, 0.25) is 0 Å². The highest BCUT2D eigenvalue weighted by atomic mass is 32.2. The Kier molecular flexibility index (Phi) is 3.52. The lowest BCUT2D eigenvalue weighted by Gasteiger charge is -2.02. The Hall–Kier alpha value is 0.110. The number of epoxide rings is 1. The van der Waals surface area contributed by atoms with Crippen molar-refractivity contribution < 1.29 is 8.95 Å². The van der Waals surface area contributed by atoms with Crippen molar-refractivity contribution in [1.82, 2.24) is 0 Å². The highest BCUT2D eigenvalue weighted by Gasteiger charge is 2.24. The molecule has 3 heteroatoms. The standard InChI is InChI=1S/C8H16O2S/c1-7(2)3-4-11(9)6-8-5-10-8/h7-8H,3-6H2,1-2H3. The summed E-state index contributed by atoms with van der Waals surface area (Å²) in [4.78, 5) is 0. The zero-order valence-electron chi connectivity index (χ0n) is 7.21. The molecule has 11 heavy (non-hydrogen) atoms. The van der Waals surface area contributed by atoms with Crippen LogP contribution in [0.2, 0.25) is 0 Å². The van der Waals surface area contributed by atoms with Gasteiger partial charge in [0.1, 0.15) is 0 Å². The van der Waals surface area contributed by atoms with Crippen LogP contribution in [-0.4, -0.2) is 28.4 Å². The van der Waals surface area contributed by atoms with Gasteiger partial charge in [-0.2, -0.15) is 0 Å². The van der Waals surface area contributed by atoms with Crippen LogP contribution in [0.1, 0.15) is 20.3 Å². The number of hydrogen-bond donors (Lipinski definition) is 0. The van der Waals surface area contributed by atoms with Gasteiger partial charge in [-0.15, -0.1) is 0 Å². The van der Waals surface area contributed by atoms with E-state index in [1.165, 1.54) is 0 Å². The monoisotopic (exact) mass is 176 g/mol. The molecule has 0 aromatic heterocycles. The quantitative estimate of drug-likeness (QED) is 0.589. The van der Waals surface area contributed by atoms with Crippen molar-refractivity contribution in [3.05, 3.63) is 0 Å². The highest BCUT2D eigenvalue weighted by molar-refractivity contribution is 7.85. The Morgan fingerprint density at radius 2 is 2.27 bits per heavy atom. The van der Waals surface area contributed by atoms with Crippen LogP contribution in [0.25, 0.3) is 0 Å². The summed E-state index contributed by atoms with van der Waals surface area (Å²) in [6, 6.07) is 0. The Labute approximate surface area is 70.8 Å². The third-order valence-corrected chi connectivity index (χ3v) is 3.13. The molecule has 0 bridgehead atoms. The second kappa shape index (κ2) is 4.21. The zero-order chi connectivity index (χ0) is 8.27. The van der Waals surface area contributed by atoms with Crippen LogP contribution in [0.4, 0.5) is 0 Å². The molecule has 0 saturated carbocycles. The molecule has 2 unspecified atom stereocenters. The molecule has 2 nitrogen and oxygen atoms in total. The van der Waals surface area contributed by atoms with Gasteiger partial charge in [0.15, 0.2) is 0 Å². The van der Waals surface area contributed by atoms with E-state index in [2.05, 4.69) is 13.8 Å². The molecule has 0 aromatic carbocycles. The molecule has 1 saturated heterocycles. The third kappa shape index (κ3) is 4.53. The SMILES string of the molecule is CC(C)CCS(=O)CC1CO1. The second-order valence-electron chi connectivity index (χ2n) is 3.45. The predicted octanol–water partition coefficient (Wildman–Crippen LogP) is 1.18. The zero-order valence-corrected chi connectivity index (χ0v) is 8.02. The van der Waals surface area contributed by atoms with Crippen LogP contribution in [0.3, 0.4) is 0 Å². The minimum atomic E-state index is -0.633. The average molecular weight is 176 g/mol. The second-order valence-corrected chi connectivity index (χ2v) is 5.07. The Morgan fingerprint density at radius 3 is 2.73 bits per heavy atom. The summed E-state index contributed by atoms with van der Waals surface area (Å²) in [5, 5.41) is 0. The number of rotatable bonds is 5. The summed E-state index contributed by atoms with van der Waals surface area (Å²) < 4.78 is 16.2. The van der Waals surface area contributed by atoms with E-state index in [0.717, 1.165) is 24.5 Å². The predicted molar refractivity (Wildman–Crippen MR) is 47.1 cm³/mol. The maximum absolute atomic E-state index is 11.2. The van der Waals surface area contributed by atoms with Crippen LogP contribution in [-0.2, 0) is 15.5 Å². The van der Waals surface area contributed by atoms with Gasteiger partial charge in [-0.05, 0) is 12.3 Å². The van der Waals surface area contributed by atoms with Gasteiger partial charge in [-0.25, -0.2) is 0 Å². The van der Waals surface area contributed by atoms with Gasteiger partial charge in [-0.1, -0.05) is 13.8 Å². The maximum Gasteiger partial charge on any atom is 0.0924 e. The van der Waals surface area contributed by atoms with E-state index in [-0.39, 0.29) is 0 Å². The maximum atomic E-state index is 11.2. The van der Waals surface area contributed by atoms with Gasteiger partial charge in [0.05, 0.1) is 18.5 Å². The molecule has 0 radical (unpaired) electrons. The van der Waals surface area contributed by atoms with E-state index in [9.17, 15) is 4.21 Å². The smallest absolute Gasteiger partial charge is 0.0924 e. The van der Waals surface area contributed by atoms with Gasteiger partial charge >= 0.3 is 0 Å². The molecule has 0 spiro atoms. The normalized spacial score (nSPS) is 25.5. The van der Waals surface area contributed by atoms with Crippen molar-refractivity contribution >= 4 is 10.8 Å². The van der Waals surface area contributed by atoms with Crippen molar-refractivity contribution in [2.24, 2.45) is 5.92 Å². The van der Waals surface area contributed by atoms with Gasteiger partial charge in [0.25, 0.3) is 0 Å². The molecule has 0 N–H and O–H groups in total. The molecule has 1 aliphatic heterocycles. The van der Waals surface area contributed by atoms with Crippen molar-refractivity contribution in [2.45, 2.75) is 26.4 Å². The van der Waals surface area contributed by atoms with Crippen LogP contribution in [0.5, 0.6) is 0 Å². The molecule has 0 amide bonds. The first-order valence-corrected chi connectivity index (χ1v) is 5.64. The molecular formula is C8H16O2S. The molecule has 1 aliphatic rings. The minimum Gasteiger partial charge on any atom is -0.372 e. The summed E-state index contributed by atoms with van der Waals surface area (Å²) in [5.41, 5.74) is 0. The van der Waals surface area contributed by atoms with Crippen LogP contribution in [0.15, 0.2) is 0 Å². The fourth-order valence-corrected chi connectivity index (χ4v) is 2.33. The van der Waals surface area contributed by atoms with Crippen molar-refractivity contribution in [2.75, 3.05) is 18.1 Å². The molecule has 1 rings (SSSR count). The summed E-state index contributed by atoms with van der Waals surface area (Å²) in [6.45, 7) is 5.14. The average Bonchev–Trinajstić information content (AvgIpc) is 2.67. The fraction of sp³-hybridized carbons (Fsp3) is 1.00. The van der Waals surface area contributed by atoms with Crippen LogP contribution >= 0.6 is 0 Å². The first-order valence-electron chi connectivity index (χ1n) is 4.15. The van der Waals surface area contributed by atoms with Crippen molar-refractivity contribution in [1.29, 1.82) is 0 Å². The fourth-order valence-electron chi connectivity index (χ4n) is 0.822. The summed E-state index contributed by atoms with van der Waals surface area (Å²) >= 11 is 0. The van der Waals surface area contributed by atoms with E-state index in [1.807, 2.05) is 0 Å². The molecule has 2 atom stereocenters. The van der Waals surface area contributed by atoms with Crippen LogP contribution in [0, 0.1) is 5.92 Å². The Balaban J connectivity index is 2.00. The first kappa shape index (κ1) is 9.20. The molecule has 0 aliphatic carbocycles. The highest BCUT2D eigenvalue weighted by Crippen LogP contribution is 2.11. The summed E-state index contributed by atoms with van der Waals surface area (Å²) in [7, 11) is -0.633. The largest absolute Gasteiger partial charge is 0.372 e. The number of ether oxygens (including phenoxy) is 1. The van der Waals surface area contributed by atoms with Gasteiger partial charge in [-0.3, -0.25) is 4.21 Å². The van der Waals surface area contributed by atoms with Crippen molar-refractivity contribution in [3.63, 3.8) is 0 Å². The summed E-state index contributed by atoms with van der Waals surface area (Å²) in [5.74, 6) is 2.27. The Bertz CT molecular complexity index is 141. The lowest BCUT2D eigenvalue weighted by atomic mass is 10.2. The molecular weight excluding hydrogens is 160 g/mol.